The normalized spacial score (nSPS) is 31.2. The molecule has 3 N–H and O–H groups in total. The molecule has 16 heavy (non-hydrogen) atoms. The van der Waals surface area contributed by atoms with Crippen molar-refractivity contribution >= 4 is 5.91 Å². The molecule has 1 aromatic rings. The van der Waals surface area contributed by atoms with Crippen LogP contribution in [0.3, 0.4) is 0 Å². The molecule has 0 radical (unpaired) electrons. The molecular weight excluding hydrogens is 204 g/mol. The third-order valence-electron chi connectivity index (χ3n) is 3.74. The third kappa shape index (κ3) is 1.35. The van der Waals surface area contributed by atoms with Crippen molar-refractivity contribution in [2.75, 3.05) is 13.1 Å². The van der Waals surface area contributed by atoms with Crippen LogP contribution in [0.1, 0.15) is 21.7 Å². The number of carbonyl (C=O) groups is 1. The number of piperidine rings is 1. The highest BCUT2D eigenvalue weighted by Gasteiger charge is 2.53. The molecular formula is C11H16N4O. The maximum absolute atomic E-state index is 12.0. The lowest BCUT2D eigenvalue weighted by Gasteiger charge is -2.07. The minimum absolute atomic E-state index is 0.0168. The molecule has 0 aromatic carbocycles. The first-order valence-corrected chi connectivity index (χ1v) is 5.71. The van der Waals surface area contributed by atoms with E-state index in [1.807, 2.05) is 13.8 Å². The Labute approximate surface area is 94.0 Å². The average Bonchev–Trinajstić information content (AvgIpc) is 2.67. The van der Waals surface area contributed by atoms with Gasteiger partial charge in [0.25, 0.3) is 5.91 Å². The molecule has 2 aliphatic rings. The summed E-state index contributed by atoms with van der Waals surface area (Å²) in [4.78, 5) is 12.0. The predicted molar refractivity (Wildman–Crippen MR) is 59.2 cm³/mol. The van der Waals surface area contributed by atoms with E-state index in [4.69, 9.17) is 0 Å². The Hall–Kier alpha value is -1.36. The van der Waals surface area contributed by atoms with E-state index in [0.717, 1.165) is 24.5 Å². The molecule has 3 rings (SSSR count). The molecule has 2 fully saturated rings. The molecule has 2 atom stereocenters. The Morgan fingerprint density at radius 3 is 2.62 bits per heavy atom. The van der Waals surface area contributed by atoms with Crippen LogP contribution in [-0.2, 0) is 0 Å². The summed E-state index contributed by atoms with van der Waals surface area (Å²) in [6.07, 6.45) is 0. The van der Waals surface area contributed by atoms with Crippen LogP contribution in [0, 0.1) is 25.7 Å². The first kappa shape index (κ1) is 9.84. The Morgan fingerprint density at radius 1 is 1.38 bits per heavy atom. The Balaban J connectivity index is 1.70. The van der Waals surface area contributed by atoms with Crippen LogP contribution in [0.5, 0.6) is 0 Å². The number of H-pyrrole nitrogens is 1. The first-order chi connectivity index (χ1) is 7.68. The van der Waals surface area contributed by atoms with Crippen LogP contribution in [-0.4, -0.2) is 35.2 Å². The molecule has 5 heteroatoms. The van der Waals surface area contributed by atoms with Gasteiger partial charge >= 0.3 is 0 Å². The van der Waals surface area contributed by atoms with Crippen LogP contribution in [0.4, 0.5) is 0 Å². The summed E-state index contributed by atoms with van der Waals surface area (Å²) in [5.41, 5.74) is 2.33. The zero-order valence-electron chi connectivity index (χ0n) is 9.50. The number of hydrogen-bond donors (Lipinski definition) is 3. The summed E-state index contributed by atoms with van der Waals surface area (Å²) in [7, 11) is 0. The molecule has 0 spiro atoms. The van der Waals surface area contributed by atoms with Gasteiger partial charge < -0.3 is 10.6 Å². The van der Waals surface area contributed by atoms with Gasteiger partial charge in [0.2, 0.25) is 0 Å². The van der Waals surface area contributed by atoms with E-state index in [0.29, 0.717) is 23.4 Å². The van der Waals surface area contributed by atoms with Crippen molar-refractivity contribution < 1.29 is 4.79 Å². The van der Waals surface area contributed by atoms with E-state index >= 15 is 0 Å². The van der Waals surface area contributed by atoms with Gasteiger partial charge in [0.05, 0.1) is 11.3 Å². The molecule has 1 aliphatic heterocycles. The van der Waals surface area contributed by atoms with Gasteiger partial charge in [0.15, 0.2) is 0 Å². The summed E-state index contributed by atoms with van der Waals surface area (Å²) < 4.78 is 0. The summed E-state index contributed by atoms with van der Waals surface area (Å²) in [6.45, 7) is 5.82. The highest BCUT2D eigenvalue weighted by molar-refractivity contribution is 5.96. The highest BCUT2D eigenvalue weighted by atomic mass is 16.1. The van der Waals surface area contributed by atoms with E-state index in [9.17, 15) is 4.79 Å². The molecule has 2 heterocycles. The third-order valence-corrected chi connectivity index (χ3v) is 3.74. The minimum atomic E-state index is 0.0168. The number of carbonyl (C=O) groups excluding carboxylic acids is 1. The van der Waals surface area contributed by atoms with E-state index in [1.165, 1.54) is 0 Å². The minimum Gasteiger partial charge on any atom is -0.349 e. The number of hydrogen-bond acceptors (Lipinski definition) is 3. The van der Waals surface area contributed by atoms with Gasteiger partial charge in [-0.1, -0.05) is 0 Å². The standard InChI is InChI=1S/C11H16N4O/c1-5-9(6(2)15-14-5)11(16)13-10-7-3-12-4-8(7)10/h7-8,10,12H,3-4H2,1-2H3,(H,13,16)(H,14,15). The molecule has 5 nitrogen and oxygen atoms in total. The average molecular weight is 220 g/mol. The molecule has 86 valence electrons. The maximum atomic E-state index is 12.0. The van der Waals surface area contributed by atoms with Gasteiger partial charge in [-0.25, -0.2) is 0 Å². The second-order valence-corrected chi connectivity index (χ2v) is 4.79. The van der Waals surface area contributed by atoms with Crippen LogP contribution in [0.2, 0.25) is 0 Å². The number of aromatic nitrogens is 2. The Bertz CT molecular complexity index is 410. The van der Waals surface area contributed by atoms with E-state index < -0.39 is 0 Å². The van der Waals surface area contributed by atoms with Gasteiger partial charge in [0, 0.05) is 24.8 Å². The van der Waals surface area contributed by atoms with Crippen LogP contribution in [0.25, 0.3) is 0 Å². The fourth-order valence-corrected chi connectivity index (χ4v) is 2.74. The van der Waals surface area contributed by atoms with Crippen molar-refractivity contribution in [1.82, 2.24) is 20.8 Å². The molecule has 2 unspecified atom stereocenters. The topological polar surface area (TPSA) is 69.8 Å². The molecule has 1 saturated heterocycles. The monoisotopic (exact) mass is 220 g/mol. The predicted octanol–water partition coefficient (Wildman–Crippen LogP) is -0.0259. The van der Waals surface area contributed by atoms with Gasteiger partial charge in [-0.05, 0) is 25.7 Å². The number of fused-ring (bicyclic) bond motifs is 1. The molecule has 0 bridgehead atoms. The number of aromatic amines is 1. The van der Waals surface area contributed by atoms with E-state index in [2.05, 4.69) is 20.8 Å². The SMILES string of the molecule is Cc1n[nH]c(C)c1C(=O)NC1C2CNCC21. The first-order valence-electron chi connectivity index (χ1n) is 5.71. The number of amides is 1. The van der Waals surface area contributed by atoms with Gasteiger partial charge in [0.1, 0.15) is 0 Å². The summed E-state index contributed by atoms with van der Waals surface area (Å²) in [5.74, 6) is 1.32. The lowest BCUT2D eigenvalue weighted by molar-refractivity contribution is 0.0945. The zero-order chi connectivity index (χ0) is 11.3. The Kier molecular flexibility index (Phi) is 2.04. The largest absolute Gasteiger partial charge is 0.349 e. The van der Waals surface area contributed by atoms with E-state index in [1.54, 1.807) is 0 Å². The van der Waals surface area contributed by atoms with Crippen molar-refractivity contribution in [3.8, 4) is 0 Å². The highest BCUT2D eigenvalue weighted by Crippen LogP contribution is 2.41. The summed E-state index contributed by atoms with van der Waals surface area (Å²) in [5, 5.41) is 13.3. The zero-order valence-corrected chi connectivity index (χ0v) is 9.50. The van der Waals surface area contributed by atoms with Gasteiger partial charge in [-0.3, -0.25) is 9.89 Å². The maximum Gasteiger partial charge on any atom is 0.255 e. The number of nitrogens with one attached hydrogen (secondary N) is 3. The van der Waals surface area contributed by atoms with Crippen molar-refractivity contribution in [2.24, 2.45) is 11.8 Å². The smallest absolute Gasteiger partial charge is 0.255 e. The fraction of sp³-hybridized carbons (Fsp3) is 0.636. The Morgan fingerprint density at radius 2 is 2.06 bits per heavy atom. The second-order valence-electron chi connectivity index (χ2n) is 4.79. The number of nitrogens with zero attached hydrogens (tertiary/aromatic N) is 1. The lowest BCUT2D eigenvalue weighted by atomic mass is 10.2. The van der Waals surface area contributed by atoms with E-state index in [-0.39, 0.29) is 5.91 Å². The summed E-state index contributed by atoms with van der Waals surface area (Å²) >= 11 is 0. The fourth-order valence-electron chi connectivity index (χ4n) is 2.74. The van der Waals surface area contributed by atoms with Crippen LogP contribution < -0.4 is 10.6 Å². The van der Waals surface area contributed by atoms with Crippen LogP contribution >= 0.6 is 0 Å². The second kappa shape index (κ2) is 3.31. The number of rotatable bonds is 2. The number of aryl methyl sites for hydroxylation is 2. The van der Waals surface area contributed by atoms with Gasteiger partial charge in [-0.2, -0.15) is 5.10 Å². The van der Waals surface area contributed by atoms with Crippen molar-refractivity contribution in [2.45, 2.75) is 19.9 Å². The van der Waals surface area contributed by atoms with Crippen molar-refractivity contribution in [3.63, 3.8) is 0 Å². The quantitative estimate of drug-likeness (QED) is 0.655. The summed E-state index contributed by atoms with van der Waals surface area (Å²) in [6, 6.07) is 0.377. The molecule has 1 saturated carbocycles. The van der Waals surface area contributed by atoms with Crippen LogP contribution in [0.15, 0.2) is 0 Å². The lowest BCUT2D eigenvalue weighted by Crippen LogP contribution is -2.33. The van der Waals surface area contributed by atoms with Crippen molar-refractivity contribution in [1.29, 1.82) is 0 Å². The van der Waals surface area contributed by atoms with Crippen molar-refractivity contribution in [3.05, 3.63) is 17.0 Å². The molecule has 1 amide bonds. The molecule has 1 aromatic heterocycles. The van der Waals surface area contributed by atoms with Gasteiger partial charge in [-0.15, -0.1) is 0 Å². The molecule has 1 aliphatic carbocycles.